The van der Waals surface area contributed by atoms with Crippen LogP contribution in [-0.2, 0) is 19.0 Å². The Morgan fingerprint density at radius 2 is 1.72 bits per heavy atom. The molecule has 2 heterocycles. The molecule has 166 valence electrons. The van der Waals surface area contributed by atoms with Crippen molar-refractivity contribution in [1.29, 1.82) is 0 Å². The number of benzene rings is 2. The number of hydrogen-bond donors (Lipinski definition) is 0. The molecule has 32 heavy (non-hydrogen) atoms. The number of hydrogen-bond acceptors (Lipinski definition) is 5. The average Bonchev–Trinajstić information content (AvgIpc) is 3.53. The fraction of sp³-hybridized carbons (Fsp3) is 0.385. The molecule has 0 unspecified atom stereocenters. The lowest BCUT2D eigenvalue weighted by Crippen LogP contribution is -2.45. The van der Waals surface area contributed by atoms with Gasteiger partial charge in [-0.1, -0.05) is 54.6 Å². The van der Waals surface area contributed by atoms with Gasteiger partial charge in [-0.3, -0.25) is 4.79 Å². The number of rotatable bonds is 6. The van der Waals surface area contributed by atoms with Crippen LogP contribution in [0.3, 0.4) is 0 Å². The highest BCUT2D eigenvalue weighted by atomic mass is 16.7. The highest BCUT2D eigenvalue weighted by Gasteiger charge is 2.53. The first-order valence-corrected chi connectivity index (χ1v) is 11.2. The minimum atomic E-state index is -0.969. The fourth-order valence-corrected chi connectivity index (χ4v) is 5.23. The van der Waals surface area contributed by atoms with Crippen LogP contribution in [0.2, 0.25) is 0 Å². The molecule has 2 aromatic carbocycles. The first-order valence-electron chi connectivity index (χ1n) is 11.2. The number of fused-ring (bicyclic) bond motifs is 3. The molecule has 2 aromatic rings. The summed E-state index contributed by atoms with van der Waals surface area (Å²) in [6, 6.07) is 16.4. The Morgan fingerprint density at radius 3 is 2.34 bits per heavy atom. The molecule has 0 N–H and O–H groups in total. The molecular weight excluding hydrogens is 406 g/mol. The maximum Gasteiger partial charge on any atom is 0.416 e. The van der Waals surface area contributed by atoms with Gasteiger partial charge in [0.25, 0.3) is 0 Å². The van der Waals surface area contributed by atoms with Crippen LogP contribution in [0, 0.1) is 5.92 Å². The van der Waals surface area contributed by atoms with Crippen LogP contribution in [0.5, 0.6) is 0 Å². The lowest BCUT2D eigenvalue weighted by Gasteiger charge is -2.31. The number of carbonyl (C=O) groups excluding carboxylic acids is 2. The summed E-state index contributed by atoms with van der Waals surface area (Å²) in [6.45, 7) is 5.15. The molecule has 2 saturated heterocycles. The van der Waals surface area contributed by atoms with Gasteiger partial charge in [0.2, 0.25) is 5.91 Å². The van der Waals surface area contributed by atoms with E-state index in [1.54, 1.807) is 6.08 Å². The number of amides is 2. The van der Waals surface area contributed by atoms with E-state index < -0.39 is 17.8 Å². The third-order valence-corrected chi connectivity index (χ3v) is 6.77. The Bertz CT molecular complexity index is 997. The normalized spacial score (nSPS) is 21.4. The molecule has 0 bridgehead atoms. The summed E-state index contributed by atoms with van der Waals surface area (Å²) in [7, 11) is 0. The van der Waals surface area contributed by atoms with Crippen LogP contribution in [-0.4, -0.2) is 49.1 Å². The number of nitrogens with zero attached hydrogens (tertiary/aromatic N) is 1. The molecule has 1 aliphatic carbocycles. The van der Waals surface area contributed by atoms with E-state index in [9.17, 15) is 9.59 Å². The van der Waals surface area contributed by atoms with Crippen LogP contribution >= 0.6 is 0 Å². The fourth-order valence-electron chi connectivity index (χ4n) is 5.23. The van der Waals surface area contributed by atoms with E-state index in [0.29, 0.717) is 39.0 Å². The minimum absolute atomic E-state index is 0.0414. The molecule has 2 aliphatic heterocycles. The predicted octanol–water partition coefficient (Wildman–Crippen LogP) is 4.49. The molecule has 6 heteroatoms. The summed E-state index contributed by atoms with van der Waals surface area (Å²) in [5.41, 5.74) is 4.62. The summed E-state index contributed by atoms with van der Waals surface area (Å²) in [4.78, 5) is 27.2. The molecule has 0 radical (unpaired) electrons. The van der Waals surface area contributed by atoms with E-state index in [1.807, 2.05) is 24.3 Å². The van der Waals surface area contributed by atoms with Crippen LogP contribution in [0.4, 0.5) is 4.79 Å². The quantitative estimate of drug-likeness (QED) is 0.628. The van der Waals surface area contributed by atoms with E-state index >= 15 is 0 Å². The third-order valence-electron chi connectivity index (χ3n) is 6.77. The van der Waals surface area contributed by atoms with Crippen LogP contribution in [0.25, 0.3) is 11.1 Å². The zero-order valence-electron chi connectivity index (χ0n) is 18.0. The Morgan fingerprint density at radius 1 is 1.09 bits per heavy atom. The smallest absolute Gasteiger partial charge is 0.416 e. The van der Waals surface area contributed by atoms with Gasteiger partial charge < -0.3 is 14.2 Å². The van der Waals surface area contributed by atoms with Gasteiger partial charge in [0.05, 0.1) is 19.1 Å². The van der Waals surface area contributed by atoms with Crippen molar-refractivity contribution in [1.82, 2.24) is 4.90 Å². The van der Waals surface area contributed by atoms with Crippen LogP contribution in [0.1, 0.15) is 36.3 Å². The van der Waals surface area contributed by atoms with Crippen molar-refractivity contribution in [2.24, 2.45) is 5.92 Å². The number of imide groups is 1. The summed E-state index contributed by atoms with van der Waals surface area (Å²) in [6.07, 6.45) is 2.91. The average molecular weight is 434 g/mol. The highest BCUT2D eigenvalue weighted by Crippen LogP contribution is 2.45. The van der Waals surface area contributed by atoms with Gasteiger partial charge in [-0.25, -0.2) is 9.69 Å². The monoisotopic (exact) mass is 433 g/mol. The second-order valence-electron chi connectivity index (χ2n) is 8.47. The molecule has 0 saturated carbocycles. The Hall–Kier alpha value is -2.96. The Kier molecular flexibility index (Phi) is 5.57. The van der Waals surface area contributed by atoms with Crippen molar-refractivity contribution in [2.45, 2.75) is 31.0 Å². The lowest BCUT2D eigenvalue weighted by molar-refractivity contribution is -0.199. The third kappa shape index (κ3) is 3.44. The Labute approximate surface area is 187 Å². The standard InChI is InChI=1S/C26H27NO5/c1-2-3-13-26(31-15-16-32-26)23-12-14-27(24(23)28)25(29)30-17-22-20-10-6-4-8-18(20)19-9-5-7-11-21(19)22/h2,4-11,22-23H,1,3,12-17H2/t23-/m1/s1. The van der Waals surface area contributed by atoms with Gasteiger partial charge in [-0.05, 0) is 35.1 Å². The van der Waals surface area contributed by atoms with E-state index in [-0.39, 0.29) is 18.4 Å². The predicted molar refractivity (Wildman–Crippen MR) is 119 cm³/mol. The van der Waals surface area contributed by atoms with Gasteiger partial charge in [-0.2, -0.15) is 0 Å². The number of ether oxygens (including phenoxy) is 3. The van der Waals surface area contributed by atoms with Crippen molar-refractivity contribution in [2.75, 3.05) is 26.4 Å². The SMILES string of the molecule is C=CCCC1([C@@H]2CCN(C(=O)OCC3c4ccccc4-c4ccccc43)C2=O)OCCO1. The van der Waals surface area contributed by atoms with Gasteiger partial charge >= 0.3 is 6.09 Å². The Balaban J connectivity index is 1.28. The van der Waals surface area contributed by atoms with Crippen molar-refractivity contribution < 1.29 is 23.8 Å². The van der Waals surface area contributed by atoms with Crippen molar-refractivity contribution in [3.63, 3.8) is 0 Å². The molecule has 1 atom stereocenters. The molecular formula is C26H27NO5. The summed E-state index contributed by atoms with van der Waals surface area (Å²) < 4.78 is 17.4. The molecule has 2 fully saturated rings. The van der Waals surface area contributed by atoms with E-state index in [4.69, 9.17) is 14.2 Å². The van der Waals surface area contributed by atoms with Gasteiger partial charge in [0, 0.05) is 18.9 Å². The van der Waals surface area contributed by atoms with E-state index in [0.717, 1.165) is 11.1 Å². The first kappa shape index (κ1) is 20.9. The first-order chi connectivity index (χ1) is 15.6. The number of carbonyl (C=O) groups is 2. The zero-order chi connectivity index (χ0) is 22.1. The summed E-state index contributed by atoms with van der Waals surface area (Å²) in [5, 5.41) is 0. The lowest BCUT2D eigenvalue weighted by atomic mass is 9.92. The van der Waals surface area contributed by atoms with Gasteiger partial charge in [0.15, 0.2) is 5.79 Å². The second-order valence-corrected chi connectivity index (χ2v) is 8.47. The second kappa shape index (κ2) is 8.52. The summed E-state index contributed by atoms with van der Waals surface area (Å²) >= 11 is 0. The zero-order valence-corrected chi connectivity index (χ0v) is 18.0. The molecule has 0 aromatic heterocycles. The van der Waals surface area contributed by atoms with E-state index in [2.05, 4.69) is 30.8 Å². The largest absolute Gasteiger partial charge is 0.448 e. The number of allylic oxidation sites excluding steroid dienone is 1. The maximum atomic E-state index is 13.1. The van der Waals surface area contributed by atoms with Gasteiger partial charge in [-0.15, -0.1) is 6.58 Å². The van der Waals surface area contributed by atoms with Gasteiger partial charge in [0.1, 0.15) is 6.61 Å². The van der Waals surface area contributed by atoms with Crippen LogP contribution < -0.4 is 0 Å². The van der Waals surface area contributed by atoms with Crippen molar-refractivity contribution in [3.05, 3.63) is 72.3 Å². The highest BCUT2D eigenvalue weighted by molar-refractivity contribution is 5.95. The maximum absolute atomic E-state index is 13.1. The van der Waals surface area contributed by atoms with E-state index in [1.165, 1.54) is 16.0 Å². The molecule has 6 nitrogen and oxygen atoms in total. The number of likely N-dealkylation sites (tertiary alicyclic amines) is 1. The molecule has 5 rings (SSSR count). The topological polar surface area (TPSA) is 65.1 Å². The van der Waals surface area contributed by atoms with Crippen molar-refractivity contribution >= 4 is 12.0 Å². The minimum Gasteiger partial charge on any atom is -0.448 e. The van der Waals surface area contributed by atoms with Crippen LogP contribution in [0.15, 0.2) is 61.2 Å². The summed E-state index contributed by atoms with van der Waals surface area (Å²) in [5.74, 6) is -1.80. The van der Waals surface area contributed by atoms with Crippen molar-refractivity contribution in [3.8, 4) is 11.1 Å². The molecule has 0 spiro atoms. The molecule has 3 aliphatic rings. The molecule has 2 amide bonds.